The van der Waals surface area contributed by atoms with E-state index in [0.29, 0.717) is 24.4 Å². The predicted molar refractivity (Wildman–Crippen MR) is 74.6 cm³/mol. The zero-order chi connectivity index (χ0) is 14.5. The van der Waals surface area contributed by atoms with Crippen molar-refractivity contribution >= 4 is 0 Å². The molecule has 0 spiro atoms. The van der Waals surface area contributed by atoms with Gasteiger partial charge in [-0.05, 0) is 37.5 Å². The maximum atomic E-state index is 12.4. The van der Waals surface area contributed by atoms with Gasteiger partial charge in [0.1, 0.15) is 6.61 Å². The number of ether oxygens (including phenoxy) is 1. The van der Waals surface area contributed by atoms with E-state index in [-0.39, 0.29) is 5.60 Å². The Morgan fingerprint density at radius 3 is 2.16 bits per heavy atom. The molecule has 1 aliphatic carbocycles. The fraction of sp³-hybridized carbons (Fsp3) is 1.00. The molecule has 114 valence electrons. The highest BCUT2D eigenvalue weighted by molar-refractivity contribution is 4.90. The van der Waals surface area contributed by atoms with Crippen LogP contribution in [0, 0.1) is 11.8 Å². The topological polar surface area (TPSA) is 21.3 Å². The SMILES string of the molecule is CC(C)NCC1(OCC(F)F)CCC(C(C)C)CC1. The van der Waals surface area contributed by atoms with Crippen molar-refractivity contribution in [3.8, 4) is 0 Å². The molecule has 1 fully saturated rings. The molecule has 1 rings (SSSR count). The summed E-state index contributed by atoms with van der Waals surface area (Å²) in [6, 6.07) is 0.356. The summed E-state index contributed by atoms with van der Waals surface area (Å²) < 4.78 is 30.4. The van der Waals surface area contributed by atoms with E-state index in [0.717, 1.165) is 25.7 Å². The molecule has 1 aliphatic rings. The Morgan fingerprint density at radius 2 is 1.74 bits per heavy atom. The summed E-state index contributed by atoms with van der Waals surface area (Å²) in [6.07, 6.45) is 1.57. The fourth-order valence-electron chi connectivity index (χ4n) is 2.83. The highest BCUT2D eigenvalue weighted by Crippen LogP contribution is 2.38. The molecule has 19 heavy (non-hydrogen) atoms. The lowest BCUT2D eigenvalue weighted by Crippen LogP contribution is -2.48. The van der Waals surface area contributed by atoms with Crippen molar-refractivity contribution in [1.82, 2.24) is 5.32 Å². The van der Waals surface area contributed by atoms with E-state index in [2.05, 4.69) is 33.0 Å². The van der Waals surface area contributed by atoms with Crippen LogP contribution in [0.5, 0.6) is 0 Å². The first-order valence-electron chi connectivity index (χ1n) is 7.50. The van der Waals surface area contributed by atoms with E-state index in [1.165, 1.54) is 0 Å². The van der Waals surface area contributed by atoms with Crippen LogP contribution in [0.15, 0.2) is 0 Å². The molecular weight excluding hydrogens is 248 g/mol. The first kappa shape index (κ1) is 16.8. The van der Waals surface area contributed by atoms with Gasteiger partial charge in [0.25, 0.3) is 6.43 Å². The van der Waals surface area contributed by atoms with Crippen LogP contribution < -0.4 is 5.32 Å². The first-order chi connectivity index (χ1) is 8.84. The largest absolute Gasteiger partial charge is 0.368 e. The van der Waals surface area contributed by atoms with Crippen LogP contribution in [-0.2, 0) is 4.74 Å². The van der Waals surface area contributed by atoms with Crippen LogP contribution in [0.3, 0.4) is 0 Å². The highest BCUT2D eigenvalue weighted by atomic mass is 19.3. The summed E-state index contributed by atoms with van der Waals surface area (Å²) in [7, 11) is 0. The summed E-state index contributed by atoms with van der Waals surface area (Å²) in [5, 5.41) is 3.35. The molecule has 0 heterocycles. The normalized spacial score (nSPS) is 28.6. The number of halogens is 2. The van der Waals surface area contributed by atoms with Crippen LogP contribution in [0.1, 0.15) is 53.4 Å². The van der Waals surface area contributed by atoms with Crippen molar-refractivity contribution in [2.75, 3.05) is 13.2 Å². The monoisotopic (exact) mass is 277 g/mol. The third-order valence-corrected chi connectivity index (χ3v) is 4.23. The van der Waals surface area contributed by atoms with Crippen LogP contribution in [0.2, 0.25) is 0 Å². The van der Waals surface area contributed by atoms with Gasteiger partial charge in [-0.3, -0.25) is 0 Å². The summed E-state index contributed by atoms with van der Waals surface area (Å²) in [4.78, 5) is 0. The number of hydrogen-bond donors (Lipinski definition) is 1. The number of rotatable bonds is 7. The van der Waals surface area contributed by atoms with Crippen molar-refractivity contribution < 1.29 is 13.5 Å². The van der Waals surface area contributed by atoms with Gasteiger partial charge >= 0.3 is 0 Å². The van der Waals surface area contributed by atoms with E-state index < -0.39 is 13.0 Å². The Kier molecular flexibility index (Phi) is 6.67. The lowest BCUT2D eigenvalue weighted by Gasteiger charge is -2.41. The molecule has 0 unspecified atom stereocenters. The number of hydrogen-bond acceptors (Lipinski definition) is 2. The lowest BCUT2D eigenvalue weighted by atomic mass is 9.74. The molecule has 0 bridgehead atoms. The van der Waals surface area contributed by atoms with Crippen LogP contribution in [-0.4, -0.2) is 31.2 Å². The average molecular weight is 277 g/mol. The van der Waals surface area contributed by atoms with Crippen LogP contribution >= 0.6 is 0 Å². The van der Waals surface area contributed by atoms with Crippen molar-refractivity contribution in [2.24, 2.45) is 11.8 Å². The van der Waals surface area contributed by atoms with E-state index in [9.17, 15) is 8.78 Å². The smallest absolute Gasteiger partial charge is 0.261 e. The third kappa shape index (κ3) is 5.74. The molecule has 2 nitrogen and oxygen atoms in total. The second-order valence-corrected chi connectivity index (χ2v) is 6.50. The second-order valence-electron chi connectivity index (χ2n) is 6.50. The van der Waals surface area contributed by atoms with Gasteiger partial charge in [0, 0.05) is 12.6 Å². The van der Waals surface area contributed by atoms with E-state index in [1.807, 2.05) is 0 Å². The lowest BCUT2D eigenvalue weighted by molar-refractivity contribution is -0.113. The number of alkyl halides is 2. The molecule has 0 aromatic heterocycles. The second kappa shape index (κ2) is 7.53. The molecule has 1 saturated carbocycles. The van der Waals surface area contributed by atoms with Gasteiger partial charge < -0.3 is 10.1 Å². The Balaban J connectivity index is 2.56. The minimum Gasteiger partial charge on any atom is -0.368 e. The summed E-state index contributed by atoms with van der Waals surface area (Å²) in [5.74, 6) is 1.38. The van der Waals surface area contributed by atoms with Gasteiger partial charge in [0.15, 0.2) is 0 Å². The molecule has 0 atom stereocenters. The Bertz CT molecular complexity index is 235. The van der Waals surface area contributed by atoms with Gasteiger partial charge in [0.2, 0.25) is 0 Å². The van der Waals surface area contributed by atoms with Crippen molar-refractivity contribution in [1.29, 1.82) is 0 Å². The zero-order valence-electron chi connectivity index (χ0n) is 12.7. The van der Waals surface area contributed by atoms with E-state index in [4.69, 9.17) is 4.74 Å². The fourth-order valence-corrected chi connectivity index (χ4v) is 2.83. The molecule has 0 aromatic carbocycles. The van der Waals surface area contributed by atoms with E-state index in [1.54, 1.807) is 0 Å². The molecular formula is C15H29F2NO. The minimum absolute atomic E-state index is 0.356. The molecule has 0 saturated heterocycles. The highest BCUT2D eigenvalue weighted by Gasteiger charge is 2.37. The number of nitrogens with one attached hydrogen (secondary N) is 1. The molecule has 1 N–H and O–H groups in total. The molecule has 0 radical (unpaired) electrons. The van der Waals surface area contributed by atoms with Crippen LogP contribution in [0.25, 0.3) is 0 Å². The van der Waals surface area contributed by atoms with Gasteiger partial charge in [-0.2, -0.15) is 0 Å². The van der Waals surface area contributed by atoms with Crippen molar-refractivity contribution in [2.45, 2.75) is 71.4 Å². The molecule has 0 aromatic rings. The van der Waals surface area contributed by atoms with Gasteiger partial charge in [-0.1, -0.05) is 27.7 Å². The third-order valence-electron chi connectivity index (χ3n) is 4.23. The first-order valence-corrected chi connectivity index (χ1v) is 7.50. The molecule has 4 heteroatoms. The minimum atomic E-state index is -2.38. The maximum Gasteiger partial charge on any atom is 0.261 e. The quantitative estimate of drug-likeness (QED) is 0.763. The van der Waals surface area contributed by atoms with Gasteiger partial charge in [-0.15, -0.1) is 0 Å². The summed E-state index contributed by atoms with van der Waals surface area (Å²) in [6.45, 7) is 8.86. The summed E-state index contributed by atoms with van der Waals surface area (Å²) in [5.41, 5.74) is -0.383. The Morgan fingerprint density at radius 1 is 1.16 bits per heavy atom. The summed E-state index contributed by atoms with van der Waals surface area (Å²) >= 11 is 0. The molecule has 0 aliphatic heterocycles. The van der Waals surface area contributed by atoms with Crippen LogP contribution in [0.4, 0.5) is 8.78 Å². The maximum absolute atomic E-state index is 12.4. The van der Waals surface area contributed by atoms with Gasteiger partial charge in [-0.25, -0.2) is 8.78 Å². The zero-order valence-corrected chi connectivity index (χ0v) is 12.7. The van der Waals surface area contributed by atoms with Gasteiger partial charge in [0.05, 0.1) is 5.60 Å². The Labute approximate surface area is 116 Å². The predicted octanol–water partition coefficient (Wildman–Crippen LogP) is 3.85. The van der Waals surface area contributed by atoms with Crippen molar-refractivity contribution in [3.05, 3.63) is 0 Å². The molecule has 0 amide bonds. The standard InChI is InChI=1S/C15H29F2NO/c1-11(2)13-5-7-15(8-6-13,10-18-12(3)4)19-9-14(16)17/h11-14,18H,5-10H2,1-4H3. The van der Waals surface area contributed by atoms with Crippen molar-refractivity contribution in [3.63, 3.8) is 0 Å². The average Bonchev–Trinajstić information content (AvgIpc) is 2.35. The Hall–Kier alpha value is -0.220. The van der Waals surface area contributed by atoms with E-state index >= 15 is 0 Å².